The van der Waals surface area contributed by atoms with E-state index in [1.165, 1.54) is 23.3 Å². The fraction of sp³-hybridized carbons (Fsp3) is 0.227. The van der Waals surface area contributed by atoms with E-state index in [2.05, 4.69) is 65.2 Å². The summed E-state index contributed by atoms with van der Waals surface area (Å²) < 4.78 is 15.7. The van der Waals surface area contributed by atoms with Crippen molar-refractivity contribution in [1.82, 2.24) is 9.47 Å². The van der Waals surface area contributed by atoms with Crippen molar-refractivity contribution in [2.75, 3.05) is 11.9 Å². The Morgan fingerprint density at radius 2 is 1.74 bits per heavy atom. The van der Waals surface area contributed by atoms with Gasteiger partial charge in [-0.15, -0.1) is 0 Å². The first-order valence-corrected chi connectivity index (χ1v) is 9.48. The highest BCUT2D eigenvalue weighted by Crippen LogP contribution is 2.33. The van der Waals surface area contributed by atoms with E-state index >= 15 is 0 Å². The second kappa shape index (κ2) is 7.16. The Morgan fingerprint density at radius 1 is 1.04 bits per heavy atom. The minimum atomic E-state index is -0.229. The van der Waals surface area contributed by atoms with Crippen LogP contribution in [0.25, 0.3) is 0 Å². The van der Waals surface area contributed by atoms with E-state index in [1.807, 2.05) is 12.1 Å². The van der Waals surface area contributed by atoms with Crippen LogP contribution < -0.4 is 5.32 Å². The van der Waals surface area contributed by atoms with Crippen LogP contribution in [0, 0.1) is 19.7 Å². The highest BCUT2D eigenvalue weighted by atomic mass is 32.1. The number of hydrogen-bond acceptors (Lipinski definition) is 1. The standard InChI is InChI=1S/C22H22FN3S/c1-15-12-16(2)14-19(13-15)24-22(27)26-11-10-25-9-3-4-20(25)21(26)17-5-7-18(23)8-6-17/h3-9,12-14,21H,10-11H2,1-2H3,(H,24,27)/t21-/m1/s1. The van der Waals surface area contributed by atoms with Gasteiger partial charge in [-0.3, -0.25) is 0 Å². The molecule has 27 heavy (non-hydrogen) atoms. The molecule has 0 aliphatic carbocycles. The summed E-state index contributed by atoms with van der Waals surface area (Å²) >= 11 is 5.78. The molecule has 0 amide bonds. The molecule has 138 valence electrons. The third kappa shape index (κ3) is 3.60. The lowest BCUT2D eigenvalue weighted by molar-refractivity contribution is 0.293. The summed E-state index contributed by atoms with van der Waals surface area (Å²) in [5, 5.41) is 4.08. The summed E-state index contributed by atoms with van der Waals surface area (Å²) in [6, 6.07) is 17.2. The third-order valence-corrected chi connectivity index (χ3v) is 5.29. The molecule has 0 spiro atoms. The molecule has 0 saturated heterocycles. The van der Waals surface area contributed by atoms with Crippen LogP contribution in [0.5, 0.6) is 0 Å². The molecule has 1 atom stereocenters. The molecule has 2 heterocycles. The van der Waals surface area contributed by atoms with Gasteiger partial charge in [0, 0.05) is 30.7 Å². The molecular weight excluding hydrogens is 357 g/mol. The zero-order valence-electron chi connectivity index (χ0n) is 15.4. The van der Waals surface area contributed by atoms with Crippen LogP contribution in [0.4, 0.5) is 10.1 Å². The third-order valence-electron chi connectivity index (χ3n) is 4.96. The minimum Gasteiger partial charge on any atom is -0.348 e. The van der Waals surface area contributed by atoms with Gasteiger partial charge >= 0.3 is 0 Å². The van der Waals surface area contributed by atoms with Gasteiger partial charge in [0.15, 0.2) is 5.11 Å². The number of rotatable bonds is 2. The van der Waals surface area contributed by atoms with Crippen molar-refractivity contribution in [2.45, 2.75) is 26.4 Å². The maximum absolute atomic E-state index is 13.5. The van der Waals surface area contributed by atoms with Crippen molar-refractivity contribution < 1.29 is 4.39 Å². The van der Waals surface area contributed by atoms with Crippen molar-refractivity contribution in [2.24, 2.45) is 0 Å². The highest BCUT2D eigenvalue weighted by Gasteiger charge is 2.30. The van der Waals surface area contributed by atoms with E-state index in [-0.39, 0.29) is 11.9 Å². The number of halogens is 1. The van der Waals surface area contributed by atoms with Crippen LogP contribution in [-0.4, -0.2) is 21.1 Å². The Labute approximate surface area is 164 Å². The Bertz CT molecular complexity index is 957. The number of nitrogens with zero attached hydrogens (tertiary/aromatic N) is 2. The zero-order valence-corrected chi connectivity index (χ0v) is 16.3. The lowest BCUT2D eigenvalue weighted by Crippen LogP contribution is -2.44. The average molecular weight is 380 g/mol. The molecule has 0 radical (unpaired) electrons. The van der Waals surface area contributed by atoms with Gasteiger partial charge in [0.2, 0.25) is 0 Å². The van der Waals surface area contributed by atoms with Crippen molar-refractivity contribution >= 4 is 23.0 Å². The minimum absolute atomic E-state index is 0.0414. The number of fused-ring (bicyclic) bond motifs is 1. The van der Waals surface area contributed by atoms with Crippen molar-refractivity contribution in [3.05, 3.63) is 89.0 Å². The van der Waals surface area contributed by atoms with Crippen molar-refractivity contribution in [3.8, 4) is 0 Å². The largest absolute Gasteiger partial charge is 0.348 e. The SMILES string of the molecule is Cc1cc(C)cc(NC(=S)N2CCn3cccc3[C@H]2c2ccc(F)cc2)c1. The maximum atomic E-state index is 13.5. The number of nitrogens with one attached hydrogen (secondary N) is 1. The van der Waals surface area contributed by atoms with Gasteiger partial charge in [0.05, 0.1) is 6.04 Å². The Kier molecular flexibility index (Phi) is 4.70. The molecule has 1 aromatic heterocycles. The van der Waals surface area contributed by atoms with Crippen LogP contribution in [0.3, 0.4) is 0 Å². The smallest absolute Gasteiger partial charge is 0.174 e. The number of hydrogen-bond donors (Lipinski definition) is 1. The summed E-state index contributed by atoms with van der Waals surface area (Å²) in [7, 11) is 0. The molecule has 1 aliphatic heterocycles. The van der Waals surface area contributed by atoms with E-state index < -0.39 is 0 Å². The second-order valence-electron chi connectivity index (χ2n) is 7.08. The predicted molar refractivity (Wildman–Crippen MR) is 112 cm³/mol. The van der Waals surface area contributed by atoms with E-state index in [9.17, 15) is 4.39 Å². The highest BCUT2D eigenvalue weighted by molar-refractivity contribution is 7.80. The lowest BCUT2D eigenvalue weighted by atomic mass is 10.0. The summed E-state index contributed by atoms with van der Waals surface area (Å²) in [5.41, 5.74) is 5.58. The molecule has 5 heteroatoms. The van der Waals surface area contributed by atoms with Gasteiger partial charge in [-0.2, -0.15) is 0 Å². The average Bonchev–Trinajstić information content (AvgIpc) is 3.09. The predicted octanol–water partition coefficient (Wildman–Crippen LogP) is 5.05. The van der Waals surface area contributed by atoms with Crippen LogP contribution in [0.15, 0.2) is 60.8 Å². The first-order valence-electron chi connectivity index (χ1n) is 9.08. The second-order valence-corrected chi connectivity index (χ2v) is 7.47. The zero-order chi connectivity index (χ0) is 19.0. The summed E-state index contributed by atoms with van der Waals surface area (Å²) in [4.78, 5) is 2.19. The summed E-state index contributed by atoms with van der Waals surface area (Å²) in [5.74, 6) is -0.229. The van der Waals surface area contributed by atoms with Gasteiger partial charge in [-0.05, 0) is 79.2 Å². The van der Waals surface area contributed by atoms with Crippen LogP contribution in [0.1, 0.15) is 28.4 Å². The quantitative estimate of drug-likeness (QED) is 0.630. The lowest BCUT2D eigenvalue weighted by Gasteiger charge is -2.39. The Morgan fingerprint density at radius 3 is 2.44 bits per heavy atom. The van der Waals surface area contributed by atoms with E-state index in [4.69, 9.17) is 12.2 Å². The molecule has 4 rings (SSSR count). The van der Waals surface area contributed by atoms with Crippen LogP contribution in [-0.2, 0) is 6.54 Å². The summed E-state index contributed by atoms with van der Waals surface area (Å²) in [6.45, 7) is 5.82. The van der Waals surface area contributed by atoms with Gasteiger partial charge in [0.1, 0.15) is 5.82 Å². The molecule has 3 aromatic rings. The number of benzene rings is 2. The Balaban J connectivity index is 1.67. The van der Waals surface area contributed by atoms with Crippen molar-refractivity contribution in [3.63, 3.8) is 0 Å². The van der Waals surface area contributed by atoms with Crippen LogP contribution >= 0.6 is 12.2 Å². The molecule has 1 N–H and O–H groups in total. The molecule has 0 bridgehead atoms. The van der Waals surface area contributed by atoms with Gasteiger partial charge in [-0.1, -0.05) is 18.2 Å². The molecule has 0 unspecified atom stereocenters. The van der Waals surface area contributed by atoms with Crippen molar-refractivity contribution in [1.29, 1.82) is 0 Å². The molecule has 1 aliphatic rings. The molecule has 2 aromatic carbocycles. The molecule has 3 nitrogen and oxygen atoms in total. The monoisotopic (exact) mass is 379 g/mol. The molecule has 0 saturated carbocycles. The molecular formula is C22H22FN3S. The number of aryl methyl sites for hydroxylation is 2. The van der Waals surface area contributed by atoms with E-state index in [1.54, 1.807) is 0 Å². The fourth-order valence-corrected chi connectivity index (χ4v) is 4.15. The Hall–Kier alpha value is -2.66. The first-order chi connectivity index (χ1) is 13.0. The number of anilines is 1. The summed E-state index contributed by atoms with van der Waals surface area (Å²) in [6.07, 6.45) is 2.09. The maximum Gasteiger partial charge on any atom is 0.174 e. The first kappa shape index (κ1) is 17.7. The van der Waals surface area contributed by atoms with Crippen LogP contribution in [0.2, 0.25) is 0 Å². The van der Waals surface area contributed by atoms with Gasteiger partial charge in [-0.25, -0.2) is 4.39 Å². The topological polar surface area (TPSA) is 20.2 Å². The normalized spacial score (nSPS) is 16.1. The van der Waals surface area contributed by atoms with Gasteiger partial charge < -0.3 is 14.8 Å². The number of thiocarbonyl (C=S) groups is 1. The fourth-order valence-electron chi connectivity index (χ4n) is 3.84. The molecule has 0 fully saturated rings. The van der Waals surface area contributed by atoms with Gasteiger partial charge in [0.25, 0.3) is 0 Å². The number of aromatic nitrogens is 1. The van der Waals surface area contributed by atoms with E-state index in [0.717, 1.165) is 30.0 Å². The van der Waals surface area contributed by atoms with E-state index in [0.29, 0.717) is 5.11 Å².